The number of hydrogen-bond acceptors (Lipinski definition) is 2. The summed E-state index contributed by atoms with van der Waals surface area (Å²) in [5, 5.41) is 0. The third-order valence-corrected chi connectivity index (χ3v) is 4.70. The maximum Gasteiger partial charge on any atom is 0.0992 e. The van der Waals surface area contributed by atoms with Gasteiger partial charge in [0.05, 0.1) is 36.1 Å². The van der Waals surface area contributed by atoms with Crippen LogP contribution in [-0.4, -0.2) is 18.8 Å². The third-order valence-electron chi connectivity index (χ3n) is 4.70. The molecule has 0 N–H and O–H groups in total. The van der Waals surface area contributed by atoms with Gasteiger partial charge in [0, 0.05) is 18.0 Å². The normalized spacial score (nSPS) is 10.4. The first-order valence-corrected chi connectivity index (χ1v) is 10.6. The lowest BCUT2D eigenvalue weighted by Crippen LogP contribution is -1.96. The lowest BCUT2D eigenvalue weighted by molar-refractivity contribution is 0.648. The summed E-state index contributed by atoms with van der Waals surface area (Å²) in [6, 6.07) is 18.8. The Labute approximate surface area is 178 Å². The fourth-order valence-electron chi connectivity index (χ4n) is 3.43. The minimum atomic E-state index is 0.695. The molecular weight excluding hydrogens is 368 g/mol. The van der Waals surface area contributed by atoms with Crippen molar-refractivity contribution < 1.29 is 0 Å². The molecule has 0 fully saturated rings. The van der Waals surface area contributed by atoms with Crippen molar-refractivity contribution in [2.75, 3.05) is 0 Å². The SMILES string of the molecule is CC.CC(C)Cc1cccn2cncc12.c1ccc(-c2cccn3cncc23)cc1. The van der Waals surface area contributed by atoms with E-state index in [9.17, 15) is 0 Å². The summed E-state index contributed by atoms with van der Waals surface area (Å²) in [6.45, 7) is 8.47. The number of hydrogen-bond donors (Lipinski definition) is 0. The average molecular weight is 399 g/mol. The molecule has 0 spiro atoms. The lowest BCUT2D eigenvalue weighted by atomic mass is 10.0. The Morgan fingerprint density at radius 3 is 2.00 bits per heavy atom. The van der Waals surface area contributed by atoms with E-state index in [-0.39, 0.29) is 0 Å². The van der Waals surface area contributed by atoms with Crippen LogP contribution >= 0.6 is 0 Å². The van der Waals surface area contributed by atoms with Crippen LogP contribution in [0.25, 0.3) is 22.2 Å². The van der Waals surface area contributed by atoms with Crippen LogP contribution in [0.1, 0.15) is 33.3 Å². The summed E-state index contributed by atoms with van der Waals surface area (Å²) < 4.78 is 4.10. The molecule has 0 bridgehead atoms. The van der Waals surface area contributed by atoms with Gasteiger partial charge in [-0.1, -0.05) is 70.2 Å². The Hall–Kier alpha value is -3.40. The molecule has 5 rings (SSSR count). The largest absolute Gasteiger partial charge is 0.306 e. The van der Waals surface area contributed by atoms with E-state index in [1.165, 1.54) is 22.2 Å². The van der Waals surface area contributed by atoms with Gasteiger partial charge in [-0.15, -0.1) is 0 Å². The monoisotopic (exact) mass is 398 g/mol. The van der Waals surface area contributed by atoms with Crippen molar-refractivity contribution in [2.24, 2.45) is 5.92 Å². The van der Waals surface area contributed by atoms with Crippen LogP contribution in [0.3, 0.4) is 0 Å². The van der Waals surface area contributed by atoms with Crippen LogP contribution in [0, 0.1) is 5.92 Å². The van der Waals surface area contributed by atoms with Gasteiger partial charge in [-0.2, -0.15) is 0 Å². The molecule has 0 saturated heterocycles. The van der Waals surface area contributed by atoms with Gasteiger partial charge in [-0.05, 0) is 35.6 Å². The van der Waals surface area contributed by atoms with E-state index in [0.29, 0.717) is 5.92 Å². The highest BCUT2D eigenvalue weighted by Gasteiger charge is 2.03. The molecule has 4 aromatic heterocycles. The molecule has 0 aliphatic carbocycles. The van der Waals surface area contributed by atoms with Crippen LogP contribution in [-0.2, 0) is 6.42 Å². The quantitative estimate of drug-likeness (QED) is 0.345. The van der Waals surface area contributed by atoms with Gasteiger partial charge in [-0.25, -0.2) is 9.97 Å². The first-order chi connectivity index (χ1) is 14.7. The molecule has 4 heteroatoms. The van der Waals surface area contributed by atoms with Gasteiger partial charge in [0.15, 0.2) is 0 Å². The maximum absolute atomic E-state index is 4.15. The second kappa shape index (κ2) is 10.4. The van der Waals surface area contributed by atoms with E-state index in [1.807, 2.05) is 67.8 Å². The molecular formula is C26H30N4. The van der Waals surface area contributed by atoms with Gasteiger partial charge in [0.25, 0.3) is 0 Å². The summed E-state index contributed by atoms with van der Waals surface area (Å²) >= 11 is 0. The van der Waals surface area contributed by atoms with Gasteiger partial charge in [-0.3, -0.25) is 0 Å². The maximum atomic E-state index is 4.15. The molecule has 4 nitrogen and oxygen atoms in total. The van der Waals surface area contributed by atoms with Gasteiger partial charge >= 0.3 is 0 Å². The van der Waals surface area contributed by atoms with Crippen molar-refractivity contribution in [3.8, 4) is 11.1 Å². The smallest absolute Gasteiger partial charge is 0.0992 e. The van der Waals surface area contributed by atoms with Crippen molar-refractivity contribution >= 4 is 11.0 Å². The molecule has 0 saturated carbocycles. The second-order valence-corrected chi connectivity index (χ2v) is 7.29. The minimum Gasteiger partial charge on any atom is -0.306 e. The number of fused-ring (bicyclic) bond motifs is 2. The summed E-state index contributed by atoms with van der Waals surface area (Å²) in [7, 11) is 0. The molecule has 0 radical (unpaired) electrons. The Balaban J connectivity index is 0.000000159. The van der Waals surface area contributed by atoms with E-state index in [4.69, 9.17) is 0 Å². The highest BCUT2D eigenvalue weighted by molar-refractivity contribution is 5.79. The zero-order valence-electron chi connectivity index (χ0n) is 18.2. The molecule has 0 unspecified atom stereocenters. The Bertz CT molecular complexity index is 1170. The molecule has 0 atom stereocenters. The van der Waals surface area contributed by atoms with E-state index >= 15 is 0 Å². The first kappa shape index (κ1) is 21.3. The van der Waals surface area contributed by atoms with E-state index in [0.717, 1.165) is 11.9 Å². The number of benzene rings is 1. The molecule has 1 aromatic carbocycles. The van der Waals surface area contributed by atoms with Crippen molar-refractivity contribution in [2.45, 2.75) is 34.1 Å². The van der Waals surface area contributed by atoms with Crippen LogP contribution in [0.2, 0.25) is 0 Å². The summed E-state index contributed by atoms with van der Waals surface area (Å²) in [6.07, 6.45) is 12.7. The predicted molar refractivity (Wildman–Crippen MR) is 126 cm³/mol. The van der Waals surface area contributed by atoms with Crippen molar-refractivity contribution in [1.82, 2.24) is 18.8 Å². The molecule has 0 aliphatic heterocycles. The molecule has 0 amide bonds. The second-order valence-electron chi connectivity index (χ2n) is 7.29. The van der Waals surface area contributed by atoms with Crippen LogP contribution in [0.4, 0.5) is 0 Å². The predicted octanol–water partition coefficient (Wildman–Crippen LogP) is 6.56. The highest BCUT2D eigenvalue weighted by atomic mass is 15.0. The zero-order chi connectivity index (χ0) is 21.3. The number of imidazole rings is 2. The molecule has 5 aromatic rings. The Morgan fingerprint density at radius 2 is 1.33 bits per heavy atom. The third kappa shape index (κ3) is 4.95. The first-order valence-electron chi connectivity index (χ1n) is 10.6. The molecule has 30 heavy (non-hydrogen) atoms. The molecule has 0 aliphatic rings. The highest BCUT2D eigenvalue weighted by Crippen LogP contribution is 2.23. The van der Waals surface area contributed by atoms with Gasteiger partial charge in [0.1, 0.15) is 0 Å². The standard InChI is InChI=1S/C13H10N2.C11H14N2.C2H6/c1-2-5-11(6-3-1)12-7-4-8-15-10-14-9-13(12)15;1-9(2)6-10-4-3-5-13-8-12-7-11(10)13;1-2/h1-10H;3-5,7-9H,6H2,1-2H3;1-2H3. The van der Waals surface area contributed by atoms with Crippen molar-refractivity contribution in [3.63, 3.8) is 0 Å². The number of pyridine rings is 2. The number of aromatic nitrogens is 4. The van der Waals surface area contributed by atoms with Crippen LogP contribution in [0.15, 0.2) is 92.0 Å². The van der Waals surface area contributed by atoms with Crippen LogP contribution in [0.5, 0.6) is 0 Å². The van der Waals surface area contributed by atoms with Crippen molar-refractivity contribution in [1.29, 1.82) is 0 Å². The Kier molecular flexibility index (Phi) is 7.39. The van der Waals surface area contributed by atoms with Crippen LogP contribution < -0.4 is 0 Å². The molecule has 4 heterocycles. The summed E-state index contributed by atoms with van der Waals surface area (Å²) in [5.74, 6) is 0.695. The minimum absolute atomic E-state index is 0.695. The summed E-state index contributed by atoms with van der Waals surface area (Å²) in [4.78, 5) is 8.28. The van der Waals surface area contributed by atoms with E-state index in [2.05, 4.69) is 70.7 Å². The summed E-state index contributed by atoms with van der Waals surface area (Å²) in [5.41, 5.74) is 6.20. The average Bonchev–Trinajstić information content (AvgIpc) is 3.46. The van der Waals surface area contributed by atoms with Gasteiger partial charge < -0.3 is 8.80 Å². The van der Waals surface area contributed by atoms with E-state index in [1.54, 1.807) is 0 Å². The van der Waals surface area contributed by atoms with E-state index < -0.39 is 0 Å². The zero-order valence-corrected chi connectivity index (χ0v) is 18.2. The lowest BCUT2D eigenvalue weighted by Gasteiger charge is -2.06. The van der Waals surface area contributed by atoms with Gasteiger partial charge in [0.2, 0.25) is 0 Å². The van der Waals surface area contributed by atoms with Crippen molar-refractivity contribution in [3.05, 3.63) is 97.6 Å². The fourth-order valence-corrected chi connectivity index (χ4v) is 3.43. The Morgan fingerprint density at radius 1 is 0.733 bits per heavy atom. The fraction of sp³-hybridized carbons (Fsp3) is 0.231. The number of nitrogens with zero attached hydrogens (tertiary/aromatic N) is 4. The topological polar surface area (TPSA) is 34.6 Å². The molecule has 154 valence electrons. The number of rotatable bonds is 3.